The van der Waals surface area contributed by atoms with Gasteiger partial charge in [-0.1, -0.05) is 18.9 Å². The van der Waals surface area contributed by atoms with Crippen molar-refractivity contribution >= 4 is 22.8 Å². The molecule has 0 spiro atoms. The van der Waals surface area contributed by atoms with Crippen LogP contribution in [0.1, 0.15) is 54.2 Å². The molecule has 5 nitrogen and oxygen atoms in total. The van der Waals surface area contributed by atoms with Crippen molar-refractivity contribution in [3.8, 4) is 0 Å². The number of aromatic amines is 1. The number of ether oxygens (including phenoxy) is 1. The number of carbonyl (C=O) groups is 2. The number of likely N-dealkylation sites (tertiary alicyclic amines) is 1. The van der Waals surface area contributed by atoms with Gasteiger partial charge in [-0.25, -0.2) is 4.79 Å². The third-order valence-corrected chi connectivity index (χ3v) is 4.86. The Morgan fingerprint density at radius 3 is 2.44 bits per heavy atom. The molecule has 0 unspecified atom stereocenters. The average molecular weight is 342 g/mol. The molecule has 0 aliphatic carbocycles. The second kappa shape index (κ2) is 7.30. The smallest absolute Gasteiger partial charge is 0.355 e. The summed E-state index contributed by atoms with van der Waals surface area (Å²) in [4.78, 5) is 29.9. The van der Waals surface area contributed by atoms with Gasteiger partial charge < -0.3 is 14.6 Å². The Morgan fingerprint density at radius 1 is 1.08 bits per heavy atom. The predicted molar refractivity (Wildman–Crippen MR) is 97.7 cm³/mol. The van der Waals surface area contributed by atoms with Gasteiger partial charge in [0.15, 0.2) is 6.10 Å². The van der Waals surface area contributed by atoms with Crippen molar-refractivity contribution < 1.29 is 14.3 Å². The molecule has 2 aromatic rings. The predicted octanol–water partition coefficient (Wildman–Crippen LogP) is 3.73. The number of H-pyrrole nitrogens is 1. The van der Waals surface area contributed by atoms with Gasteiger partial charge in [0.2, 0.25) is 0 Å². The number of hydrogen-bond acceptors (Lipinski definition) is 3. The fourth-order valence-electron chi connectivity index (χ4n) is 3.53. The fraction of sp³-hybridized carbons (Fsp3) is 0.500. The largest absolute Gasteiger partial charge is 0.448 e. The molecule has 1 atom stereocenters. The number of fused-ring (bicyclic) bond motifs is 1. The molecule has 1 aromatic carbocycles. The SMILES string of the molecule is Cc1cc(C)c2cc(C(=O)O[C@H](C)C(=O)N3CCCCCC3)[nH]c2c1. The number of aromatic nitrogens is 1. The lowest BCUT2D eigenvalue weighted by Crippen LogP contribution is -2.40. The van der Waals surface area contributed by atoms with E-state index in [-0.39, 0.29) is 5.91 Å². The van der Waals surface area contributed by atoms with Crippen molar-refractivity contribution in [2.24, 2.45) is 0 Å². The maximum absolute atomic E-state index is 12.5. The zero-order chi connectivity index (χ0) is 18.0. The van der Waals surface area contributed by atoms with Crippen LogP contribution >= 0.6 is 0 Å². The van der Waals surface area contributed by atoms with Gasteiger partial charge in [-0.05, 0) is 56.9 Å². The third kappa shape index (κ3) is 3.86. The zero-order valence-electron chi connectivity index (χ0n) is 15.2. The van der Waals surface area contributed by atoms with E-state index in [4.69, 9.17) is 4.74 Å². The van der Waals surface area contributed by atoms with Gasteiger partial charge in [0.1, 0.15) is 5.69 Å². The molecule has 1 aliphatic rings. The summed E-state index contributed by atoms with van der Waals surface area (Å²) in [5.41, 5.74) is 3.55. The van der Waals surface area contributed by atoms with E-state index < -0.39 is 12.1 Å². The Hall–Kier alpha value is -2.30. The van der Waals surface area contributed by atoms with Crippen LogP contribution in [-0.2, 0) is 9.53 Å². The lowest BCUT2D eigenvalue weighted by Gasteiger charge is -2.23. The molecule has 1 N–H and O–H groups in total. The van der Waals surface area contributed by atoms with Crippen LogP contribution in [-0.4, -0.2) is 41.0 Å². The van der Waals surface area contributed by atoms with Crippen LogP contribution in [0.3, 0.4) is 0 Å². The second-order valence-electron chi connectivity index (χ2n) is 7.01. The summed E-state index contributed by atoms with van der Waals surface area (Å²) in [5.74, 6) is -0.581. The quantitative estimate of drug-likeness (QED) is 0.865. The third-order valence-electron chi connectivity index (χ3n) is 4.86. The van der Waals surface area contributed by atoms with E-state index in [0.29, 0.717) is 5.69 Å². The van der Waals surface area contributed by atoms with Gasteiger partial charge in [0.25, 0.3) is 5.91 Å². The molecule has 0 bridgehead atoms. The van der Waals surface area contributed by atoms with Crippen molar-refractivity contribution in [1.82, 2.24) is 9.88 Å². The van der Waals surface area contributed by atoms with E-state index in [1.807, 2.05) is 24.8 Å². The Kier molecular flexibility index (Phi) is 5.11. The van der Waals surface area contributed by atoms with Crippen molar-refractivity contribution in [2.75, 3.05) is 13.1 Å². The van der Waals surface area contributed by atoms with Crippen LogP contribution < -0.4 is 0 Å². The number of esters is 1. The number of rotatable bonds is 3. The first-order valence-corrected chi connectivity index (χ1v) is 9.05. The first-order valence-electron chi connectivity index (χ1n) is 9.05. The zero-order valence-corrected chi connectivity index (χ0v) is 15.2. The van der Waals surface area contributed by atoms with Crippen LogP contribution in [0.25, 0.3) is 10.9 Å². The average Bonchev–Trinajstić information content (AvgIpc) is 2.82. The van der Waals surface area contributed by atoms with Crippen molar-refractivity contribution in [3.05, 3.63) is 35.0 Å². The molecule has 25 heavy (non-hydrogen) atoms. The maximum Gasteiger partial charge on any atom is 0.355 e. The molecule has 134 valence electrons. The highest BCUT2D eigenvalue weighted by Crippen LogP contribution is 2.22. The molecule has 1 saturated heterocycles. The van der Waals surface area contributed by atoms with E-state index in [0.717, 1.165) is 60.8 Å². The van der Waals surface area contributed by atoms with Crippen molar-refractivity contribution in [1.29, 1.82) is 0 Å². The van der Waals surface area contributed by atoms with Crippen LogP contribution in [0.4, 0.5) is 0 Å². The molecule has 1 fully saturated rings. The Labute approximate surface area is 148 Å². The highest BCUT2D eigenvalue weighted by molar-refractivity contribution is 5.97. The van der Waals surface area contributed by atoms with Crippen molar-refractivity contribution in [3.63, 3.8) is 0 Å². The summed E-state index contributed by atoms with van der Waals surface area (Å²) >= 11 is 0. The van der Waals surface area contributed by atoms with E-state index in [9.17, 15) is 9.59 Å². The molecule has 3 rings (SSSR count). The minimum Gasteiger partial charge on any atom is -0.448 e. The summed E-state index contributed by atoms with van der Waals surface area (Å²) in [6.07, 6.45) is 3.59. The molecule has 1 amide bonds. The molecular weight excluding hydrogens is 316 g/mol. The minimum atomic E-state index is -0.764. The molecule has 1 aromatic heterocycles. The molecule has 5 heteroatoms. The maximum atomic E-state index is 12.5. The molecule has 1 aliphatic heterocycles. The number of carbonyl (C=O) groups excluding carboxylic acids is 2. The number of hydrogen-bond donors (Lipinski definition) is 1. The molecule has 0 radical (unpaired) electrons. The number of nitrogens with one attached hydrogen (secondary N) is 1. The van der Waals surface area contributed by atoms with E-state index in [2.05, 4.69) is 11.1 Å². The summed E-state index contributed by atoms with van der Waals surface area (Å²) in [7, 11) is 0. The fourth-order valence-corrected chi connectivity index (χ4v) is 3.53. The Morgan fingerprint density at radius 2 is 1.76 bits per heavy atom. The van der Waals surface area contributed by atoms with Gasteiger partial charge in [0, 0.05) is 24.0 Å². The lowest BCUT2D eigenvalue weighted by atomic mass is 10.1. The van der Waals surface area contributed by atoms with Gasteiger partial charge >= 0.3 is 5.97 Å². The van der Waals surface area contributed by atoms with Crippen molar-refractivity contribution in [2.45, 2.75) is 52.6 Å². The summed E-state index contributed by atoms with van der Waals surface area (Å²) in [5, 5.41) is 1.00. The summed E-state index contributed by atoms with van der Waals surface area (Å²) in [6, 6.07) is 5.89. The van der Waals surface area contributed by atoms with Crippen LogP contribution in [0.2, 0.25) is 0 Å². The van der Waals surface area contributed by atoms with Gasteiger partial charge in [-0.15, -0.1) is 0 Å². The summed E-state index contributed by atoms with van der Waals surface area (Å²) < 4.78 is 5.43. The highest BCUT2D eigenvalue weighted by Gasteiger charge is 2.25. The Bertz CT molecular complexity index is 786. The normalized spacial score (nSPS) is 16.5. The van der Waals surface area contributed by atoms with E-state index in [1.165, 1.54) is 0 Å². The van der Waals surface area contributed by atoms with Crippen LogP contribution in [0.15, 0.2) is 18.2 Å². The molecule has 2 heterocycles. The number of amides is 1. The van der Waals surface area contributed by atoms with Gasteiger partial charge in [0.05, 0.1) is 0 Å². The number of nitrogens with zero attached hydrogens (tertiary/aromatic N) is 1. The minimum absolute atomic E-state index is 0.0987. The first-order chi connectivity index (χ1) is 12.0. The number of aryl methyl sites for hydroxylation is 2. The van der Waals surface area contributed by atoms with E-state index >= 15 is 0 Å². The standard InChI is InChI=1S/C20H26N2O3/c1-13-10-14(2)16-12-18(21-17(16)11-13)20(24)25-15(3)19(23)22-8-6-4-5-7-9-22/h10-12,15,21H,4-9H2,1-3H3/t15-/m1/s1. The van der Waals surface area contributed by atoms with Gasteiger partial charge in [-0.3, -0.25) is 4.79 Å². The van der Waals surface area contributed by atoms with Gasteiger partial charge in [-0.2, -0.15) is 0 Å². The van der Waals surface area contributed by atoms with Crippen LogP contribution in [0, 0.1) is 13.8 Å². The topological polar surface area (TPSA) is 62.4 Å². The highest BCUT2D eigenvalue weighted by atomic mass is 16.5. The number of benzene rings is 1. The summed E-state index contributed by atoms with van der Waals surface area (Å²) in [6.45, 7) is 7.21. The second-order valence-corrected chi connectivity index (χ2v) is 7.01. The van der Waals surface area contributed by atoms with E-state index in [1.54, 1.807) is 13.0 Å². The monoisotopic (exact) mass is 342 g/mol. The van der Waals surface area contributed by atoms with Crippen LogP contribution in [0.5, 0.6) is 0 Å². The first kappa shape index (κ1) is 17.5. The molecular formula is C20H26N2O3. The Balaban J connectivity index is 1.70. The lowest BCUT2D eigenvalue weighted by molar-refractivity contribution is -0.139. The molecule has 0 saturated carbocycles.